The SMILES string of the molecule is NC(=O)CCCCCCCCCCCCI. The number of rotatable bonds is 12. The van der Waals surface area contributed by atoms with Crippen LogP contribution in [0.25, 0.3) is 0 Å². The van der Waals surface area contributed by atoms with Gasteiger partial charge in [-0.25, -0.2) is 0 Å². The predicted molar refractivity (Wildman–Crippen MR) is 78.9 cm³/mol. The third-order valence-corrected chi connectivity index (χ3v) is 3.57. The van der Waals surface area contributed by atoms with Crippen LogP contribution in [0.3, 0.4) is 0 Å². The molecule has 0 aliphatic rings. The highest BCUT2D eigenvalue weighted by Gasteiger charge is 1.95. The van der Waals surface area contributed by atoms with Gasteiger partial charge in [0.05, 0.1) is 0 Å². The van der Waals surface area contributed by atoms with E-state index >= 15 is 0 Å². The molecule has 96 valence electrons. The number of hydrogen-bond donors (Lipinski definition) is 1. The molecule has 0 saturated carbocycles. The molecule has 0 heterocycles. The van der Waals surface area contributed by atoms with E-state index in [0.717, 1.165) is 12.8 Å². The summed E-state index contributed by atoms with van der Waals surface area (Å²) in [6.45, 7) is 0. The lowest BCUT2D eigenvalue weighted by Crippen LogP contribution is -2.09. The van der Waals surface area contributed by atoms with Crippen molar-refractivity contribution in [1.29, 1.82) is 0 Å². The molecule has 0 aromatic carbocycles. The van der Waals surface area contributed by atoms with Gasteiger partial charge in [0.25, 0.3) is 0 Å². The first-order valence-electron chi connectivity index (χ1n) is 6.61. The Kier molecular flexibility index (Phi) is 13.4. The molecule has 0 aromatic rings. The number of primary amides is 1. The molecule has 0 fully saturated rings. The van der Waals surface area contributed by atoms with Gasteiger partial charge in [0, 0.05) is 6.42 Å². The molecule has 0 aliphatic heterocycles. The Morgan fingerprint density at radius 1 is 0.750 bits per heavy atom. The lowest BCUT2D eigenvalue weighted by atomic mass is 10.1. The minimum absolute atomic E-state index is 0.157. The highest BCUT2D eigenvalue weighted by molar-refractivity contribution is 14.1. The van der Waals surface area contributed by atoms with E-state index in [4.69, 9.17) is 5.73 Å². The largest absolute Gasteiger partial charge is 0.370 e. The first kappa shape index (κ1) is 16.2. The van der Waals surface area contributed by atoms with Crippen LogP contribution in [0, 0.1) is 0 Å². The summed E-state index contributed by atoms with van der Waals surface area (Å²) in [5.74, 6) is -0.157. The van der Waals surface area contributed by atoms with Crippen molar-refractivity contribution in [1.82, 2.24) is 0 Å². The van der Waals surface area contributed by atoms with Gasteiger partial charge in [-0.3, -0.25) is 4.79 Å². The topological polar surface area (TPSA) is 43.1 Å². The first-order valence-corrected chi connectivity index (χ1v) is 8.14. The first-order chi connectivity index (χ1) is 7.77. The predicted octanol–water partition coefficient (Wildman–Crippen LogP) is 4.20. The van der Waals surface area contributed by atoms with Crippen LogP contribution in [0.4, 0.5) is 0 Å². The fourth-order valence-electron chi connectivity index (χ4n) is 1.81. The van der Waals surface area contributed by atoms with Crippen molar-refractivity contribution in [3.8, 4) is 0 Å². The summed E-state index contributed by atoms with van der Waals surface area (Å²) in [5.41, 5.74) is 5.07. The van der Waals surface area contributed by atoms with Gasteiger partial charge in [-0.2, -0.15) is 0 Å². The van der Waals surface area contributed by atoms with Gasteiger partial charge in [-0.1, -0.05) is 74.0 Å². The number of halogens is 1. The molecule has 2 N–H and O–H groups in total. The molecule has 0 aliphatic carbocycles. The number of nitrogens with two attached hydrogens (primary N) is 1. The highest BCUT2D eigenvalue weighted by atomic mass is 127. The number of hydrogen-bond acceptors (Lipinski definition) is 1. The maximum absolute atomic E-state index is 10.5. The van der Waals surface area contributed by atoms with Gasteiger partial charge in [-0.15, -0.1) is 0 Å². The van der Waals surface area contributed by atoms with E-state index in [-0.39, 0.29) is 5.91 Å². The molecule has 16 heavy (non-hydrogen) atoms. The summed E-state index contributed by atoms with van der Waals surface area (Å²) in [5, 5.41) is 0. The van der Waals surface area contributed by atoms with Gasteiger partial charge < -0.3 is 5.73 Å². The molecule has 0 bridgehead atoms. The van der Waals surface area contributed by atoms with E-state index in [1.807, 2.05) is 0 Å². The summed E-state index contributed by atoms with van der Waals surface area (Å²) in [6, 6.07) is 0. The average Bonchev–Trinajstić information content (AvgIpc) is 2.25. The molecule has 0 spiro atoms. The molecule has 2 nitrogen and oxygen atoms in total. The Balaban J connectivity index is 2.90. The van der Waals surface area contributed by atoms with Gasteiger partial charge >= 0.3 is 0 Å². The minimum atomic E-state index is -0.157. The van der Waals surface area contributed by atoms with Crippen molar-refractivity contribution in [2.75, 3.05) is 4.43 Å². The van der Waals surface area contributed by atoms with Gasteiger partial charge in [0.15, 0.2) is 0 Å². The Hall–Kier alpha value is 0.200. The fraction of sp³-hybridized carbons (Fsp3) is 0.923. The van der Waals surface area contributed by atoms with Crippen molar-refractivity contribution in [3.63, 3.8) is 0 Å². The maximum Gasteiger partial charge on any atom is 0.217 e. The van der Waals surface area contributed by atoms with E-state index in [0.29, 0.717) is 6.42 Å². The zero-order valence-corrected chi connectivity index (χ0v) is 12.5. The third kappa shape index (κ3) is 14.2. The van der Waals surface area contributed by atoms with Crippen LogP contribution in [0.15, 0.2) is 0 Å². The van der Waals surface area contributed by atoms with Crippen LogP contribution in [-0.4, -0.2) is 10.3 Å². The number of carbonyl (C=O) groups excluding carboxylic acids is 1. The summed E-state index contributed by atoms with van der Waals surface area (Å²) >= 11 is 2.45. The van der Waals surface area contributed by atoms with Gasteiger partial charge in [0.1, 0.15) is 0 Å². The summed E-state index contributed by atoms with van der Waals surface area (Å²) in [6.07, 6.45) is 13.6. The molecule has 0 rings (SSSR count). The molecule has 0 aromatic heterocycles. The minimum Gasteiger partial charge on any atom is -0.370 e. The van der Waals surface area contributed by atoms with Gasteiger partial charge in [-0.05, 0) is 17.3 Å². The summed E-state index contributed by atoms with van der Waals surface area (Å²) in [4.78, 5) is 10.5. The Labute approximate surface area is 114 Å². The van der Waals surface area contributed by atoms with Crippen LogP contribution >= 0.6 is 22.6 Å². The van der Waals surface area contributed by atoms with Gasteiger partial charge in [0.2, 0.25) is 5.91 Å². The zero-order valence-electron chi connectivity index (χ0n) is 10.3. The maximum atomic E-state index is 10.5. The molecule has 0 atom stereocenters. The van der Waals surface area contributed by atoms with Crippen LogP contribution < -0.4 is 5.73 Å². The molecule has 0 saturated heterocycles. The highest BCUT2D eigenvalue weighted by Crippen LogP contribution is 2.11. The molecule has 3 heteroatoms. The number of alkyl halides is 1. The lowest BCUT2D eigenvalue weighted by Gasteiger charge is -2.01. The second-order valence-electron chi connectivity index (χ2n) is 4.44. The monoisotopic (exact) mass is 339 g/mol. The zero-order chi connectivity index (χ0) is 12.1. The van der Waals surface area contributed by atoms with E-state index < -0.39 is 0 Å². The Morgan fingerprint density at radius 2 is 1.12 bits per heavy atom. The smallest absolute Gasteiger partial charge is 0.217 e. The number of amides is 1. The lowest BCUT2D eigenvalue weighted by molar-refractivity contribution is -0.118. The van der Waals surface area contributed by atoms with Crippen molar-refractivity contribution in [2.24, 2.45) is 5.73 Å². The van der Waals surface area contributed by atoms with E-state index in [1.54, 1.807) is 0 Å². The second-order valence-corrected chi connectivity index (χ2v) is 5.52. The molecular weight excluding hydrogens is 313 g/mol. The molecule has 0 unspecified atom stereocenters. The Morgan fingerprint density at radius 3 is 1.50 bits per heavy atom. The van der Waals surface area contributed by atoms with E-state index in [2.05, 4.69) is 22.6 Å². The third-order valence-electron chi connectivity index (χ3n) is 2.81. The van der Waals surface area contributed by atoms with Crippen molar-refractivity contribution in [2.45, 2.75) is 70.6 Å². The molecule has 1 amide bonds. The normalized spacial score (nSPS) is 10.6. The number of carbonyl (C=O) groups is 1. The molecule has 0 radical (unpaired) electrons. The summed E-state index contributed by atoms with van der Waals surface area (Å²) < 4.78 is 1.30. The average molecular weight is 339 g/mol. The van der Waals surface area contributed by atoms with Crippen LogP contribution in [0.1, 0.15) is 70.6 Å². The summed E-state index contributed by atoms with van der Waals surface area (Å²) in [7, 11) is 0. The van der Waals surface area contributed by atoms with Crippen LogP contribution in [0.2, 0.25) is 0 Å². The van der Waals surface area contributed by atoms with Crippen LogP contribution in [0.5, 0.6) is 0 Å². The standard InChI is InChI=1S/C13H26INO/c14-12-10-8-6-4-2-1-3-5-7-9-11-13(15)16/h1-12H2,(H2,15,16). The van der Waals surface area contributed by atoms with E-state index in [1.165, 1.54) is 55.8 Å². The van der Waals surface area contributed by atoms with Crippen LogP contribution in [-0.2, 0) is 4.79 Å². The fourth-order valence-corrected chi connectivity index (χ4v) is 2.35. The Bertz CT molecular complexity index is 162. The van der Waals surface area contributed by atoms with Crippen molar-refractivity contribution >= 4 is 28.5 Å². The molecular formula is C13H26INO. The quantitative estimate of drug-likeness (QED) is 0.323. The second kappa shape index (κ2) is 13.3. The van der Waals surface area contributed by atoms with Crippen molar-refractivity contribution in [3.05, 3.63) is 0 Å². The van der Waals surface area contributed by atoms with Crippen molar-refractivity contribution < 1.29 is 4.79 Å². The number of unbranched alkanes of at least 4 members (excludes halogenated alkanes) is 9. The van der Waals surface area contributed by atoms with E-state index in [9.17, 15) is 4.79 Å².